The molecule has 1 heterocycles. The van der Waals surface area contributed by atoms with Crippen LogP contribution >= 0.6 is 0 Å². The highest BCUT2D eigenvalue weighted by molar-refractivity contribution is 5.81. The molecule has 0 bridgehead atoms. The van der Waals surface area contributed by atoms with Crippen LogP contribution in [-0.2, 0) is 11.3 Å². The molecule has 2 rings (SSSR count). The van der Waals surface area contributed by atoms with Crippen molar-refractivity contribution in [2.45, 2.75) is 31.8 Å². The number of likely N-dealkylation sites (tertiary alicyclic amines) is 1. The normalized spacial score (nSPS) is 18.7. The second-order valence-corrected chi connectivity index (χ2v) is 5.26. The molecule has 2 N–H and O–H groups in total. The Bertz CT molecular complexity index is 545. The van der Waals surface area contributed by atoms with E-state index in [1.807, 2.05) is 18.2 Å². The van der Waals surface area contributed by atoms with Gasteiger partial charge in [0.25, 0.3) is 0 Å². The molecule has 4 heteroatoms. The van der Waals surface area contributed by atoms with Crippen molar-refractivity contribution >= 4 is 5.91 Å². The van der Waals surface area contributed by atoms with Gasteiger partial charge in [0.1, 0.15) is 6.61 Å². The number of aliphatic hydroxyl groups excluding tert-OH is 1. The summed E-state index contributed by atoms with van der Waals surface area (Å²) in [4.78, 5) is 14.2. The minimum absolute atomic E-state index is 0.0315. The molecule has 1 atom stereocenters. The van der Waals surface area contributed by atoms with Gasteiger partial charge in [-0.1, -0.05) is 30.4 Å². The van der Waals surface area contributed by atoms with Crippen LogP contribution in [0.25, 0.3) is 0 Å². The summed E-state index contributed by atoms with van der Waals surface area (Å²) < 4.78 is 0. The van der Waals surface area contributed by atoms with Gasteiger partial charge in [-0.25, -0.2) is 0 Å². The van der Waals surface area contributed by atoms with E-state index in [0.717, 1.165) is 43.5 Å². The number of benzene rings is 1. The van der Waals surface area contributed by atoms with Crippen LogP contribution in [0, 0.1) is 11.8 Å². The highest BCUT2D eigenvalue weighted by Crippen LogP contribution is 2.20. The number of nitrogens with zero attached hydrogens (tertiary/aromatic N) is 1. The van der Waals surface area contributed by atoms with Crippen LogP contribution in [-0.4, -0.2) is 42.2 Å². The van der Waals surface area contributed by atoms with Crippen molar-refractivity contribution in [1.29, 1.82) is 0 Å². The number of aliphatic hydroxyl groups is 1. The quantitative estimate of drug-likeness (QED) is 0.819. The molecule has 0 aliphatic carbocycles. The van der Waals surface area contributed by atoms with Crippen molar-refractivity contribution in [3.63, 3.8) is 0 Å². The molecule has 21 heavy (non-hydrogen) atoms. The fourth-order valence-corrected chi connectivity index (χ4v) is 2.77. The third-order valence-electron chi connectivity index (χ3n) is 3.79. The van der Waals surface area contributed by atoms with E-state index in [1.54, 1.807) is 7.05 Å². The van der Waals surface area contributed by atoms with Crippen molar-refractivity contribution in [3.05, 3.63) is 35.4 Å². The van der Waals surface area contributed by atoms with Gasteiger partial charge in [-0.2, -0.15) is 0 Å². The molecule has 1 amide bonds. The zero-order valence-corrected chi connectivity index (χ0v) is 12.4. The number of rotatable bonds is 3. The van der Waals surface area contributed by atoms with Gasteiger partial charge in [-0.05, 0) is 37.1 Å². The van der Waals surface area contributed by atoms with E-state index in [2.05, 4.69) is 28.1 Å². The fourth-order valence-electron chi connectivity index (χ4n) is 2.77. The molecule has 1 aromatic rings. The summed E-state index contributed by atoms with van der Waals surface area (Å²) in [5.74, 6) is 5.68. The van der Waals surface area contributed by atoms with Crippen LogP contribution in [0.3, 0.4) is 0 Å². The lowest BCUT2D eigenvalue weighted by atomic mass is 10.00. The largest absolute Gasteiger partial charge is 0.384 e. The van der Waals surface area contributed by atoms with Crippen molar-refractivity contribution in [2.75, 3.05) is 20.2 Å². The second kappa shape index (κ2) is 7.82. The standard InChI is InChI=1S/C17H22N2O2/c1-18-17(21)16-9-2-3-10-19(16)13-15-7-4-6-14(12-15)8-5-11-20/h4,6-7,12,16,20H,2-3,9-11,13H2,1H3,(H,18,21). The second-order valence-electron chi connectivity index (χ2n) is 5.26. The Morgan fingerprint density at radius 3 is 3.10 bits per heavy atom. The van der Waals surface area contributed by atoms with Gasteiger partial charge < -0.3 is 10.4 Å². The smallest absolute Gasteiger partial charge is 0.237 e. The van der Waals surface area contributed by atoms with Crippen LogP contribution in [0.15, 0.2) is 24.3 Å². The summed E-state index contributed by atoms with van der Waals surface area (Å²) in [6.45, 7) is 1.58. The molecule has 4 nitrogen and oxygen atoms in total. The zero-order valence-electron chi connectivity index (χ0n) is 12.4. The minimum Gasteiger partial charge on any atom is -0.384 e. The molecular weight excluding hydrogens is 264 g/mol. The summed E-state index contributed by atoms with van der Waals surface area (Å²) in [7, 11) is 1.69. The van der Waals surface area contributed by atoms with Crippen LogP contribution in [0.1, 0.15) is 30.4 Å². The molecular formula is C17H22N2O2. The molecule has 0 saturated carbocycles. The van der Waals surface area contributed by atoms with Crippen LogP contribution in [0.4, 0.5) is 0 Å². The Labute approximate surface area is 126 Å². The maximum atomic E-state index is 12.0. The highest BCUT2D eigenvalue weighted by Gasteiger charge is 2.27. The molecule has 0 spiro atoms. The number of hydrogen-bond donors (Lipinski definition) is 2. The number of nitrogens with one attached hydrogen (secondary N) is 1. The number of likely N-dealkylation sites (N-methyl/N-ethyl adjacent to an activating group) is 1. The lowest BCUT2D eigenvalue weighted by Crippen LogP contribution is -2.48. The Kier molecular flexibility index (Phi) is 5.79. The average molecular weight is 286 g/mol. The van der Waals surface area contributed by atoms with E-state index in [0.29, 0.717) is 0 Å². The molecule has 1 unspecified atom stereocenters. The summed E-state index contributed by atoms with van der Waals surface area (Å²) in [6, 6.07) is 7.95. The van der Waals surface area contributed by atoms with Gasteiger partial charge >= 0.3 is 0 Å². The van der Waals surface area contributed by atoms with Crippen molar-refractivity contribution in [3.8, 4) is 11.8 Å². The third-order valence-corrected chi connectivity index (χ3v) is 3.79. The summed E-state index contributed by atoms with van der Waals surface area (Å²) in [5.41, 5.74) is 2.05. The molecule has 1 saturated heterocycles. The molecule has 0 aromatic heterocycles. The Morgan fingerprint density at radius 1 is 1.48 bits per heavy atom. The van der Waals surface area contributed by atoms with Gasteiger partial charge in [0.2, 0.25) is 5.91 Å². The molecule has 1 aliphatic heterocycles. The maximum absolute atomic E-state index is 12.0. The Morgan fingerprint density at radius 2 is 2.33 bits per heavy atom. The van der Waals surface area contributed by atoms with Gasteiger partial charge in [0, 0.05) is 19.2 Å². The van der Waals surface area contributed by atoms with Crippen LogP contribution < -0.4 is 5.32 Å². The van der Waals surface area contributed by atoms with Crippen LogP contribution in [0.5, 0.6) is 0 Å². The van der Waals surface area contributed by atoms with E-state index in [4.69, 9.17) is 5.11 Å². The monoisotopic (exact) mass is 286 g/mol. The predicted molar refractivity (Wildman–Crippen MR) is 82.5 cm³/mol. The predicted octanol–water partition coefficient (Wildman–Crippen LogP) is 1.13. The lowest BCUT2D eigenvalue weighted by molar-refractivity contribution is -0.127. The number of hydrogen-bond acceptors (Lipinski definition) is 3. The average Bonchev–Trinajstić information content (AvgIpc) is 2.53. The molecule has 112 valence electrons. The maximum Gasteiger partial charge on any atom is 0.237 e. The number of piperidine rings is 1. The first-order valence-corrected chi connectivity index (χ1v) is 7.39. The SMILES string of the molecule is CNC(=O)C1CCCCN1Cc1cccc(C#CCO)c1. The van der Waals surface area contributed by atoms with E-state index in [-0.39, 0.29) is 18.6 Å². The Hall–Kier alpha value is -1.83. The molecule has 0 radical (unpaired) electrons. The van der Waals surface area contributed by atoms with E-state index >= 15 is 0 Å². The first-order chi connectivity index (χ1) is 10.2. The summed E-state index contributed by atoms with van der Waals surface area (Å²) in [5, 5.41) is 11.5. The van der Waals surface area contributed by atoms with E-state index < -0.39 is 0 Å². The van der Waals surface area contributed by atoms with Gasteiger partial charge in [0.15, 0.2) is 0 Å². The van der Waals surface area contributed by atoms with Crippen molar-refractivity contribution in [2.24, 2.45) is 0 Å². The number of carbonyl (C=O) groups excluding carboxylic acids is 1. The zero-order chi connectivity index (χ0) is 15.1. The molecule has 1 fully saturated rings. The van der Waals surface area contributed by atoms with Crippen molar-refractivity contribution < 1.29 is 9.90 Å². The van der Waals surface area contributed by atoms with Gasteiger partial charge in [0.05, 0.1) is 6.04 Å². The number of amides is 1. The van der Waals surface area contributed by atoms with Gasteiger partial charge in [-0.3, -0.25) is 9.69 Å². The molecule has 1 aromatic carbocycles. The fraction of sp³-hybridized carbons (Fsp3) is 0.471. The first kappa shape index (κ1) is 15.6. The van der Waals surface area contributed by atoms with Crippen molar-refractivity contribution in [1.82, 2.24) is 10.2 Å². The minimum atomic E-state index is -0.130. The third kappa shape index (κ3) is 4.32. The summed E-state index contributed by atoms with van der Waals surface area (Å²) >= 11 is 0. The molecule has 1 aliphatic rings. The Balaban J connectivity index is 2.10. The number of carbonyl (C=O) groups is 1. The lowest BCUT2D eigenvalue weighted by Gasteiger charge is -2.34. The van der Waals surface area contributed by atoms with Crippen LogP contribution in [0.2, 0.25) is 0 Å². The van der Waals surface area contributed by atoms with E-state index in [1.165, 1.54) is 0 Å². The topological polar surface area (TPSA) is 52.6 Å². The van der Waals surface area contributed by atoms with Gasteiger partial charge in [-0.15, -0.1) is 0 Å². The van der Waals surface area contributed by atoms with E-state index in [9.17, 15) is 4.79 Å². The summed E-state index contributed by atoms with van der Waals surface area (Å²) in [6.07, 6.45) is 3.16. The first-order valence-electron chi connectivity index (χ1n) is 7.39. The highest BCUT2D eigenvalue weighted by atomic mass is 16.2.